The zero-order valence-corrected chi connectivity index (χ0v) is 37.3. The second kappa shape index (κ2) is 13.9. The lowest BCUT2D eigenvalue weighted by Gasteiger charge is -2.41. The molecule has 0 fully saturated rings. The van der Waals surface area contributed by atoms with Crippen molar-refractivity contribution in [1.29, 1.82) is 0 Å². The van der Waals surface area contributed by atoms with Gasteiger partial charge in [0.1, 0.15) is 0 Å². The van der Waals surface area contributed by atoms with Gasteiger partial charge >= 0.3 is 0 Å². The van der Waals surface area contributed by atoms with Crippen molar-refractivity contribution in [3.05, 3.63) is 224 Å². The molecule has 1 aliphatic rings. The highest BCUT2D eigenvalue weighted by molar-refractivity contribution is 8.00. The number of para-hydroxylation sites is 2. The Balaban J connectivity index is 1.11. The van der Waals surface area contributed by atoms with Crippen LogP contribution >= 0.6 is 23.1 Å². The number of benzene rings is 11. The molecule has 1 unspecified atom stereocenters. The molecule has 1 aliphatic heterocycles. The molecule has 14 rings (SSSR count). The van der Waals surface area contributed by atoms with E-state index in [9.17, 15) is 0 Å². The minimum atomic E-state index is -3.12. The number of hydrogen-bond donors (Lipinski definition) is 0. The summed E-state index contributed by atoms with van der Waals surface area (Å²) >= 11 is 3.84. The van der Waals surface area contributed by atoms with Crippen molar-refractivity contribution in [2.45, 2.75) is 9.79 Å². The van der Waals surface area contributed by atoms with E-state index in [0.29, 0.717) is 0 Å². The Bertz CT molecular complexity index is 4030. The zero-order valence-electron chi connectivity index (χ0n) is 34.6. The second-order valence-corrected chi connectivity index (χ2v) is 22.9. The molecule has 11 aromatic carbocycles. The standard InChI is InChI=1S/C60H37NS2Si/c1-2-15-42-38(14-1)28-29-39-36-41(31-32-43(39)42)64(57-35-33-53(47-18-3-4-20-49(47)57)61-51-22-8-5-16-45(51)46-17-6-9-23-52(46)61)58-26-12-11-25-56(58)63-60-44(21-13-27-59(60)64)40-30-34-55-50(37-40)48-19-7-10-24-54(48)62-55/h1-37H. The summed E-state index contributed by atoms with van der Waals surface area (Å²) < 4.78 is 5.16. The average molecular weight is 864 g/mol. The number of thiophene rings is 1. The fraction of sp³-hybridized carbons (Fsp3) is 0. The molecule has 0 aliphatic carbocycles. The molecule has 0 spiro atoms. The highest BCUT2D eigenvalue weighted by Gasteiger charge is 2.48. The molecule has 0 amide bonds. The van der Waals surface area contributed by atoms with Crippen LogP contribution in [-0.2, 0) is 0 Å². The third-order valence-corrected chi connectivity index (χ3v) is 21.5. The third kappa shape index (κ3) is 5.07. The first-order chi connectivity index (χ1) is 31.7. The summed E-state index contributed by atoms with van der Waals surface area (Å²) in [5, 5.41) is 18.6. The molecule has 298 valence electrons. The minimum absolute atomic E-state index is 1.20. The van der Waals surface area contributed by atoms with Crippen LogP contribution in [-0.4, -0.2) is 12.6 Å². The lowest BCUT2D eigenvalue weighted by molar-refractivity contribution is 1.20. The maximum atomic E-state index is 2.55. The second-order valence-electron chi connectivity index (χ2n) is 17.1. The molecule has 0 saturated carbocycles. The Morgan fingerprint density at radius 2 is 1.00 bits per heavy atom. The van der Waals surface area contributed by atoms with E-state index in [1.54, 1.807) is 0 Å². The van der Waals surface area contributed by atoms with Crippen molar-refractivity contribution in [3.63, 3.8) is 0 Å². The molecule has 13 aromatic rings. The van der Waals surface area contributed by atoms with Crippen LogP contribution in [0, 0.1) is 0 Å². The van der Waals surface area contributed by atoms with Crippen LogP contribution in [0.3, 0.4) is 0 Å². The minimum Gasteiger partial charge on any atom is -0.309 e. The predicted octanol–water partition coefficient (Wildman–Crippen LogP) is 14.1. The molecular weight excluding hydrogens is 827 g/mol. The number of hydrogen-bond acceptors (Lipinski definition) is 2. The quantitative estimate of drug-likeness (QED) is 0.126. The molecule has 0 saturated heterocycles. The molecule has 4 heteroatoms. The summed E-state index contributed by atoms with van der Waals surface area (Å²) in [6, 6.07) is 85.3. The SMILES string of the molecule is c1ccc2c(c1)Sc1c(-c3ccc4sc5ccccc5c4c3)cccc1[Si]2(c1ccc2c(ccc3ccccc32)c1)c1ccc(-n2c3ccccc3c3ccccc32)c2ccccc12. The number of nitrogens with zero attached hydrogens (tertiary/aromatic N) is 1. The van der Waals surface area contributed by atoms with Crippen LogP contribution in [0.5, 0.6) is 0 Å². The first-order valence-corrected chi connectivity index (χ1v) is 25.6. The van der Waals surface area contributed by atoms with Crippen LogP contribution in [0.15, 0.2) is 234 Å². The highest BCUT2D eigenvalue weighted by atomic mass is 32.2. The van der Waals surface area contributed by atoms with Gasteiger partial charge in [0.2, 0.25) is 0 Å². The highest BCUT2D eigenvalue weighted by Crippen LogP contribution is 2.43. The van der Waals surface area contributed by atoms with Crippen molar-refractivity contribution in [1.82, 2.24) is 4.57 Å². The lowest BCUT2D eigenvalue weighted by atomic mass is 10.0. The monoisotopic (exact) mass is 863 g/mol. The van der Waals surface area contributed by atoms with E-state index in [2.05, 4.69) is 229 Å². The first kappa shape index (κ1) is 36.3. The van der Waals surface area contributed by atoms with Gasteiger partial charge in [0, 0.05) is 46.1 Å². The van der Waals surface area contributed by atoms with Crippen molar-refractivity contribution < 1.29 is 0 Å². The number of aromatic nitrogens is 1. The van der Waals surface area contributed by atoms with Gasteiger partial charge in [-0.1, -0.05) is 194 Å². The summed E-state index contributed by atoms with van der Waals surface area (Å²) in [6.07, 6.45) is 0. The summed E-state index contributed by atoms with van der Waals surface area (Å²) in [4.78, 5) is 2.70. The fourth-order valence-electron chi connectivity index (χ4n) is 11.2. The van der Waals surface area contributed by atoms with Crippen LogP contribution in [0.2, 0.25) is 0 Å². The third-order valence-electron chi connectivity index (χ3n) is 13.9. The smallest absolute Gasteiger partial charge is 0.182 e. The Hall–Kier alpha value is -7.21. The Labute approximate surface area is 379 Å². The van der Waals surface area contributed by atoms with E-state index >= 15 is 0 Å². The number of fused-ring (bicyclic) bond motifs is 12. The molecular formula is C60H37NS2Si. The van der Waals surface area contributed by atoms with Crippen molar-refractivity contribution in [3.8, 4) is 16.8 Å². The molecule has 0 radical (unpaired) electrons. The topological polar surface area (TPSA) is 4.93 Å². The molecule has 2 aromatic heterocycles. The first-order valence-electron chi connectivity index (χ1n) is 22.0. The Morgan fingerprint density at radius 1 is 0.359 bits per heavy atom. The molecule has 1 atom stereocenters. The molecule has 64 heavy (non-hydrogen) atoms. The molecule has 3 heterocycles. The van der Waals surface area contributed by atoms with E-state index in [4.69, 9.17) is 0 Å². The van der Waals surface area contributed by atoms with E-state index in [0.717, 1.165) is 0 Å². The normalized spacial score (nSPS) is 14.9. The fourth-order valence-corrected chi connectivity index (χ4v) is 19.6. The summed E-state index contributed by atoms with van der Waals surface area (Å²) in [6.45, 7) is 0. The maximum Gasteiger partial charge on any atom is 0.182 e. The lowest BCUT2D eigenvalue weighted by Crippen LogP contribution is -2.76. The van der Waals surface area contributed by atoms with Gasteiger partial charge in [0.25, 0.3) is 0 Å². The van der Waals surface area contributed by atoms with E-state index in [1.165, 1.54) is 122 Å². The van der Waals surface area contributed by atoms with Crippen molar-refractivity contribution in [2.75, 3.05) is 0 Å². The van der Waals surface area contributed by atoms with Crippen LogP contribution in [0.25, 0.3) is 91.1 Å². The average Bonchev–Trinajstić information content (AvgIpc) is 3.90. The van der Waals surface area contributed by atoms with Gasteiger partial charge in [0.15, 0.2) is 8.07 Å². The number of rotatable bonds is 4. The van der Waals surface area contributed by atoms with Gasteiger partial charge in [-0.2, -0.15) is 0 Å². The summed E-state index contributed by atoms with van der Waals surface area (Å²) in [5.74, 6) is 0. The van der Waals surface area contributed by atoms with Crippen LogP contribution in [0.1, 0.15) is 0 Å². The largest absolute Gasteiger partial charge is 0.309 e. The van der Waals surface area contributed by atoms with Crippen molar-refractivity contribution >= 4 is 126 Å². The Kier molecular flexibility index (Phi) is 7.88. The van der Waals surface area contributed by atoms with Crippen LogP contribution in [0.4, 0.5) is 0 Å². The Morgan fingerprint density at radius 3 is 1.84 bits per heavy atom. The van der Waals surface area contributed by atoms with Crippen LogP contribution < -0.4 is 20.7 Å². The van der Waals surface area contributed by atoms with Gasteiger partial charge in [-0.05, 0) is 101 Å². The molecule has 0 N–H and O–H groups in total. The van der Waals surface area contributed by atoms with E-state index < -0.39 is 8.07 Å². The predicted molar refractivity (Wildman–Crippen MR) is 279 cm³/mol. The van der Waals surface area contributed by atoms with Gasteiger partial charge < -0.3 is 4.57 Å². The van der Waals surface area contributed by atoms with Crippen molar-refractivity contribution in [2.24, 2.45) is 0 Å². The van der Waals surface area contributed by atoms with Gasteiger partial charge in [-0.15, -0.1) is 11.3 Å². The van der Waals surface area contributed by atoms with E-state index in [1.807, 2.05) is 23.1 Å². The van der Waals surface area contributed by atoms with Gasteiger partial charge in [-0.3, -0.25) is 0 Å². The zero-order chi connectivity index (χ0) is 41.9. The van der Waals surface area contributed by atoms with Gasteiger partial charge in [-0.25, -0.2) is 0 Å². The summed E-state index contributed by atoms with van der Waals surface area (Å²) in [5.41, 5.74) is 6.21. The van der Waals surface area contributed by atoms with E-state index in [-0.39, 0.29) is 0 Å². The van der Waals surface area contributed by atoms with Gasteiger partial charge in [0.05, 0.1) is 16.7 Å². The summed E-state index contributed by atoms with van der Waals surface area (Å²) in [7, 11) is -3.12. The maximum absolute atomic E-state index is 3.12. The molecule has 1 nitrogen and oxygen atoms in total. The molecule has 0 bridgehead atoms.